The minimum atomic E-state index is 0.564. The Labute approximate surface area is 179 Å². The van der Waals surface area contributed by atoms with E-state index in [2.05, 4.69) is 45.0 Å². The van der Waals surface area contributed by atoms with Crippen molar-refractivity contribution in [3.05, 3.63) is 29.8 Å². The van der Waals surface area contributed by atoms with Gasteiger partial charge in [-0.15, -0.1) is 0 Å². The van der Waals surface area contributed by atoms with Crippen molar-refractivity contribution in [1.29, 1.82) is 0 Å². The smallest absolute Gasteiger partial charge is 0.119 e. The van der Waals surface area contributed by atoms with E-state index in [4.69, 9.17) is 18.9 Å². The van der Waals surface area contributed by atoms with Crippen LogP contribution < -0.4 is 4.74 Å². The average molecular weight is 409 g/mol. The Morgan fingerprint density at radius 3 is 1.93 bits per heavy atom. The van der Waals surface area contributed by atoms with Gasteiger partial charge in [0.2, 0.25) is 0 Å². The Hall–Kier alpha value is -1.10. The number of unbranched alkanes of at least 4 members (excludes halogenated alkanes) is 5. The second kappa shape index (κ2) is 18.9. The van der Waals surface area contributed by atoms with Crippen molar-refractivity contribution in [3.8, 4) is 5.75 Å². The summed E-state index contributed by atoms with van der Waals surface area (Å²) < 4.78 is 22.3. The van der Waals surface area contributed by atoms with E-state index in [0.29, 0.717) is 45.6 Å². The molecule has 4 nitrogen and oxygen atoms in total. The molecule has 1 aromatic rings. The van der Waals surface area contributed by atoms with Gasteiger partial charge in [-0.3, -0.25) is 0 Å². The van der Waals surface area contributed by atoms with Crippen LogP contribution in [0.25, 0.3) is 0 Å². The van der Waals surface area contributed by atoms with Crippen LogP contribution in [-0.4, -0.2) is 46.2 Å². The highest BCUT2D eigenvalue weighted by Crippen LogP contribution is 2.15. The van der Waals surface area contributed by atoms with E-state index in [1.807, 2.05) is 0 Å². The molecule has 29 heavy (non-hydrogen) atoms. The zero-order chi connectivity index (χ0) is 21.0. The summed E-state index contributed by atoms with van der Waals surface area (Å²) >= 11 is 0. The lowest BCUT2D eigenvalue weighted by molar-refractivity contribution is 0.00399. The van der Waals surface area contributed by atoms with Crippen LogP contribution in [0.3, 0.4) is 0 Å². The van der Waals surface area contributed by atoms with Crippen molar-refractivity contribution in [3.63, 3.8) is 0 Å². The van der Waals surface area contributed by atoms with Gasteiger partial charge >= 0.3 is 0 Å². The van der Waals surface area contributed by atoms with E-state index in [1.54, 1.807) is 0 Å². The Bertz CT molecular complexity index is 460. The molecule has 0 aliphatic carbocycles. The minimum Gasteiger partial charge on any atom is -0.491 e. The van der Waals surface area contributed by atoms with Gasteiger partial charge in [-0.05, 0) is 36.5 Å². The van der Waals surface area contributed by atoms with Gasteiger partial charge in [-0.1, -0.05) is 71.4 Å². The average Bonchev–Trinajstić information content (AvgIpc) is 2.75. The molecule has 168 valence electrons. The molecule has 0 N–H and O–H groups in total. The van der Waals surface area contributed by atoms with Crippen LogP contribution in [0.1, 0.15) is 71.3 Å². The van der Waals surface area contributed by atoms with Crippen LogP contribution in [0.15, 0.2) is 24.3 Å². The van der Waals surface area contributed by atoms with Crippen LogP contribution in [0.5, 0.6) is 5.75 Å². The van der Waals surface area contributed by atoms with Crippen molar-refractivity contribution in [1.82, 2.24) is 0 Å². The zero-order valence-corrected chi connectivity index (χ0v) is 19.1. The Balaban J connectivity index is 1.92. The predicted octanol–water partition coefficient (Wildman–Crippen LogP) is 6.06. The summed E-state index contributed by atoms with van der Waals surface area (Å²) in [5.41, 5.74) is 1.40. The fraction of sp³-hybridized carbons (Fsp3) is 0.760. The van der Waals surface area contributed by atoms with E-state index in [-0.39, 0.29) is 0 Å². The standard InChI is InChI=1S/C25H44O4/c1-4-6-7-8-9-10-11-24-12-14-25(15-13-24)29-21-20-27-17-16-26-18-19-28-22-23(3)5-2/h12-15,23H,4-11,16-22H2,1-3H3. The summed E-state index contributed by atoms with van der Waals surface area (Å²) in [6, 6.07) is 8.49. The molecule has 0 bridgehead atoms. The number of benzene rings is 1. The molecule has 0 aliphatic heterocycles. The molecule has 0 heterocycles. The lowest BCUT2D eigenvalue weighted by Gasteiger charge is -2.10. The molecule has 0 saturated heterocycles. The van der Waals surface area contributed by atoms with Crippen molar-refractivity contribution >= 4 is 0 Å². The minimum absolute atomic E-state index is 0.564. The summed E-state index contributed by atoms with van der Waals surface area (Å²) in [6.45, 7) is 11.1. The van der Waals surface area contributed by atoms with Crippen molar-refractivity contribution in [2.75, 3.05) is 46.2 Å². The number of rotatable bonds is 20. The third-order valence-electron chi connectivity index (χ3n) is 5.08. The molecule has 1 unspecified atom stereocenters. The van der Waals surface area contributed by atoms with Gasteiger partial charge in [0.15, 0.2) is 0 Å². The summed E-state index contributed by atoms with van der Waals surface area (Å²) in [7, 11) is 0. The fourth-order valence-corrected chi connectivity index (χ4v) is 2.92. The van der Waals surface area contributed by atoms with Crippen molar-refractivity contribution in [2.24, 2.45) is 5.92 Å². The number of aryl methyl sites for hydroxylation is 1. The number of hydrogen-bond donors (Lipinski definition) is 0. The summed E-state index contributed by atoms with van der Waals surface area (Å²) in [5.74, 6) is 1.53. The first-order chi connectivity index (χ1) is 14.3. The summed E-state index contributed by atoms with van der Waals surface area (Å²) in [5, 5.41) is 0. The van der Waals surface area contributed by atoms with Gasteiger partial charge in [0.1, 0.15) is 12.4 Å². The molecular weight excluding hydrogens is 364 g/mol. The number of ether oxygens (including phenoxy) is 4. The van der Waals surface area contributed by atoms with E-state index in [1.165, 1.54) is 44.1 Å². The monoisotopic (exact) mass is 408 g/mol. The molecule has 0 aromatic heterocycles. The molecule has 0 radical (unpaired) electrons. The highest BCUT2D eigenvalue weighted by molar-refractivity contribution is 5.27. The molecule has 0 amide bonds. The molecule has 0 saturated carbocycles. The van der Waals surface area contributed by atoms with E-state index in [0.717, 1.165) is 25.2 Å². The topological polar surface area (TPSA) is 36.9 Å². The SMILES string of the molecule is CCCCCCCCc1ccc(OCCOCCOCCOCC(C)CC)cc1. The van der Waals surface area contributed by atoms with Crippen LogP contribution in [0, 0.1) is 5.92 Å². The van der Waals surface area contributed by atoms with Crippen LogP contribution >= 0.6 is 0 Å². The fourth-order valence-electron chi connectivity index (χ4n) is 2.92. The first kappa shape index (κ1) is 25.9. The second-order valence-corrected chi connectivity index (χ2v) is 7.82. The maximum absolute atomic E-state index is 5.74. The van der Waals surface area contributed by atoms with Crippen LogP contribution in [0.4, 0.5) is 0 Å². The largest absolute Gasteiger partial charge is 0.491 e. The Morgan fingerprint density at radius 2 is 1.28 bits per heavy atom. The molecule has 4 heteroatoms. The van der Waals surface area contributed by atoms with Gasteiger partial charge in [-0.2, -0.15) is 0 Å². The summed E-state index contributed by atoms with van der Waals surface area (Å²) in [6.07, 6.45) is 10.4. The molecule has 1 rings (SSSR count). The normalized spacial score (nSPS) is 12.2. The molecular formula is C25H44O4. The quantitative estimate of drug-likeness (QED) is 0.246. The van der Waals surface area contributed by atoms with Crippen molar-refractivity contribution < 1.29 is 18.9 Å². The van der Waals surface area contributed by atoms with Gasteiger partial charge < -0.3 is 18.9 Å². The van der Waals surface area contributed by atoms with Gasteiger partial charge in [0.05, 0.1) is 33.0 Å². The van der Waals surface area contributed by atoms with Crippen LogP contribution in [0.2, 0.25) is 0 Å². The highest BCUT2D eigenvalue weighted by atomic mass is 16.6. The first-order valence-electron chi connectivity index (χ1n) is 11.7. The van der Waals surface area contributed by atoms with E-state index >= 15 is 0 Å². The maximum atomic E-state index is 5.74. The third kappa shape index (κ3) is 15.4. The zero-order valence-electron chi connectivity index (χ0n) is 19.1. The highest BCUT2D eigenvalue weighted by Gasteiger charge is 1.99. The van der Waals surface area contributed by atoms with Gasteiger partial charge in [-0.25, -0.2) is 0 Å². The summed E-state index contributed by atoms with van der Waals surface area (Å²) in [4.78, 5) is 0. The third-order valence-corrected chi connectivity index (χ3v) is 5.08. The predicted molar refractivity (Wildman–Crippen MR) is 121 cm³/mol. The molecule has 0 spiro atoms. The molecule has 0 aliphatic rings. The Morgan fingerprint density at radius 1 is 0.690 bits per heavy atom. The lowest BCUT2D eigenvalue weighted by atomic mass is 10.0. The Kier molecular flexibility index (Phi) is 16.9. The van der Waals surface area contributed by atoms with E-state index < -0.39 is 0 Å². The van der Waals surface area contributed by atoms with Gasteiger partial charge in [0.25, 0.3) is 0 Å². The molecule has 1 aromatic carbocycles. The lowest BCUT2D eigenvalue weighted by Crippen LogP contribution is -2.14. The number of hydrogen-bond acceptors (Lipinski definition) is 4. The van der Waals surface area contributed by atoms with E-state index in [9.17, 15) is 0 Å². The molecule has 0 fully saturated rings. The molecule has 1 atom stereocenters. The van der Waals surface area contributed by atoms with Crippen LogP contribution in [-0.2, 0) is 20.6 Å². The second-order valence-electron chi connectivity index (χ2n) is 7.82. The maximum Gasteiger partial charge on any atom is 0.119 e. The van der Waals surface area contributed by atoms with Gasteiger partial charge in [0, 0.05) is 6.61 Å². The first-order valence-corrected chi connectivity index (χ1v) is 11.7. The van der Waals surface area contributed by atoms with Crippen molar-refractivity contribution in [2.45, 2.75) is 72.1 Å².